The Morgan fingerprint density at radius 2 is 1.65 bits per heavy atom. The standard InChI is InChI=1S/C21H24N2O3/c1-23(2)17-9-6-15(7-10-17)20(24)22-16-8-11-18-19(14-16)26-21(25-18)12-4-3-5-13-21/h6-11,14H,3-5,12-13H2,1-2H3,(H,22,24). The van der Waals surface area contributed by atoms with E-state index in [2.05, 4.69) is 5.32 Å². The molecule has 26 heavy (non-hydrogen) atoms. The van der Waals surface area contributed by atoms with E-state index in [-0.39, 0.29) is 5.91 Å². The average molecular weight is 352 g/mol. The third-order valence-corrected chi connectivity index (χ3v) is 5.05. The van der Waals surface area contributed by atoms with Gasteiger partial charge < -0.3 is 19.7 Å². The Morgan fingerprint density at radius 3 is 2.35 bits per heavy atom. The lowest BCUT2D eigenvalue weighted by atomic mass is 9.94. The number of anilines is 2. The first-order chi connectivity index (χ1) is 12.5. The van der Waals surface area contributed by atoms with Crippen LogP contribution < -0.4 is 19.7 Å². The highest BCUT2D eigenvalue weighted by molar-refractivity contribution is 6.04. The van der Waals surface area contributed by atoms with Gasteiger partial charge in [0.05, 0.1) is 0 Å². The minimum Gasteiger partial charge on any atom is -0.448 e. The highest BCUT2D eigenvalue weighted by Gasteiger charge is 2.42. The molecule has 1 amide bonds. The molecule has 0 atom stereocenters. The van der Waals surface area contributed by atoms with Gasteiger partial charge in [-0.05, 0) is 49.2 Å². The molecule has 1 fully saturated rings. The van der Waals surface area contributed by atoms with E-state index in [0.717, 1.165) is 37.1 Å². The van der Waals surface area contributed by atoms with Gasteiger partial charge in [-0.3, -0.25) is 4.79 Å². The molecule has 1 aliphatic carbocycles. The molecule has 2 aromatic rings. The lowest BCUT2D eigenvalue weighted by molar-refractivity contribution is -0.105. The van der Waals surface area contributed by atoms with E-state index in [1.54, 1.807) is 0 Å². The average Bonchev–Trinajstić information content (AvgIpc) is 2.98. The normalized spacial score (nSPS) is 17.2. The van der Waals surface area contributed by atoms with Crippen LogP contribution in [-0.2, 0) is 0 Å². The van der Waals surface area contributed by atoms with E-state index in [1.165, 1.54) is 6.42 Å². The number of fused-ring (bicyclic) bond motifs is 1. The fourth-order valence-corrected chi connectivity index (χ4v) is 3.58. The number of nitrogens with one attached hydrogen (secondary N) is 1. The number of ether oxygens (including phenoxy) is 2. The molecule has 0 saturated heterocycles. The van der Waals surface area contributed by atoms with Gasteiger partial charge in [-0.25, -0.2) is 0 Å². The van der Waals surface area contributed by atoms with Crippen LogP contribution in [0.25, 0.3) is 0 Å². The van der Waals surface area contributed by atoms with Crippen LogP contribution in [0.1, 0.15) is 42.5 Å². The van der Waals surface area contributed by atoms with Crippen molar-refractivity contribution < 1.29 is 14.3 Å². The van der Waals surface area contributed by atoms with Crippen molar-refractivity contribution in [2.24, 2.45) is 0 Å². The summed E-state index contributed by atoms with van der Waals surface area (Å²) in [4.78, 5) is 14.5. The van der Waals surface area contributed by atoms with Crippen molar-refractivity contribution in [1.82, 2.24) is 0 Å². The molecule has 0 radical (unpaired) electrons. The van der Waals surface area contributed by atoms with Gasteiger partial charge in [0.15, 0.2) is 11.5 Å². The maximum atomic E-state index is 12.5. The zero-order chi connectivity index (χ0) is 18.1. The number of nitrogens with zero attached hydrogens (tertiary/aromatic N) is 1. The second-order valence-electron chi connectivity index (χ2n) is 7.23. The van der Waals surface area contributed by atoms with Crippen LogP contribution in [0, 0.1) is 0 Å². The van der Waals surface area contributed by atoms with Gasteiger partial charge in [0.1, 0.15) is 0 Å². The zero-order valence-corrected chi connectivity index (χ0v) is 15.2. The molecule has 2 aliphatic rings. The number of carbonyl (C=O) groups is 1. The van der Waals surface area contributed by atoms with Gasteiger partial charge in [-0.15, -0.1) is 0 Å². The second kappa shape index (κ2) is 6.56. The van der Waals surface area contributed by atoms with Crippen LogP contribution in [0.3, 0.4) is 0 Å². The number of rotatable bonds is 3. The van der Waals surface area contributed by atoms with E-state index in [4.69, 9.17) is 9.47 Å². The molecule has 5 nitrogen and oxygen atoms in total. The van der Waals surface area contributed by atoms with E-state index in [1.807, 2.05) is 61.5 Å². The monoisotopic (exact) mass is 352 g/mol. The summed E-state index contributed by atoms with van der Waals surface area (Å²) in [6.07, 6.45) is 5.32. The summed E-state index contributed by atoms with van der Waals surface area (Å²) in [7, 11) is 3.95. The highest BCUT2D eigenvalue weighted by atomic mass is 16.7. The van der Waals surface area contributed by atoms with Crippen molar-refractivity contribution in [1.29, 1.82) is 0 Å². The van der Waals surface area contributed by atoms with Gasteiger partial charge in [0.25, 0.3) is 11.7 Å². The summed E-state index contributed by atoms with van der Waals surface area (Å²) >= 11 is 0. The largest absolute Gasteiger partial charge is 0.448 e. The van der Waals surface area contributed by atoms with Crippen molar-refractivity contribution >= 4 is 17.3 Å². The maximum Gasteiger partial charge on any atom is 0.255 e. The lowest BCUT2D eigenvalue weighted by Crippen LogP contribution is -2.40. The van der Waals surface area contributed by atoms with Crippen LogP contribution in [0.15, 0.2) is 42.5 Å². The molecule has 136 valence electrons. The molecular weight excluding hydrogens is 328 g/mol. The molecule has 1 heterocycles. The number of hydrogen-bond acceptors (Lipinski definition) is 4. The van der Waals surface area contributed by atoms with E-state index >= 15 is 0 Å². The second-order valence-corrected chi connectivity index (χ2v) is 7.23. The van der Waals surface area contributed by atoms with Gasteiger partial charge in [-0.1, -0.05) is 6.42 Å². The van der Waals surface area contributed by atoms with Gasteiger partial charge in [-0.2, -0.15) is 0 Å². The Hall–Kier alpha value is -2.69. The number of carbonyl (C=O) groups excluding carboxylic acids is 1. The van der Waals surface area contributed by atoms with Crippen molar-refractivity contribution in [3.63, 3.8) is 0 Å². The molecule has 0 unspecified atom stereocenters. The summed E-state index contributed by atoms with van der Waals surface area (Å²) in [5.41, 5.74) is 2.39. The molecule has 1 N–H and O–H groups in total. The Labute approximate surface area is 153 Å². The fourth-order valence-electron chi connectivity index (χ4n) is 3.58. The Balaban J connectivity index is 1.47. The predicted molar refractivity (Wildman–Crippen MR) is 102 cm³/mol. The minimum absolute atomic E-state index is 0.137. The SMILES string of the molecule is CN(C)c1ccc(C(=O)Nc2ccc3c(c2)OC2(CCCCC2)O3)cc1. The molecule has 4 rings (SSSR count). The van der Waals surface area contributed by atoms with E-state index in [0.29, 0.717) is 17.0 Å². The molecule has 5 heteroatoms. The van der Waals surface area contributed by atoms with Crippen LogP contribution >= 0.6 is 0 Å². The van der Waals surface area contributed by atoms with Crippen molar-refractivity contribution in [3.05, 3.63) is 48.0 Å². The predicted octanol–water partition coefficient (Wildman–Crippen LogP) is 4.44. The Morgan fingerprint density at radius 1 is 0.962 bits per heavy atom. The lowest BCUT2D eigenvalue weighted by Gasteiger charge is -2.31. The first-order valence-corrected chi connectivity index (χ1v) is 9.16. The molecular formula is C21H24N2O3. The van der Waals surface area contributed by atoms with E-state index in [9.17, 15) is 4.79 Å². The quantitative estimate of drug-likeness (QED) is 0.887. The van der Waals surface area contributed by atoms with Gasteiger partial charge in [0, 0.05) is 49.9 Å². The van der Waals surface area contributed by atoms with Crippen molar-refractivity contribution in [3.8, 4) is 11.5 Å². The van der Waals surface area contributed by atoms with Crippen LogP contribution in [0.5, 0.6) is 11.5 Å². The first-order valence-electron chi connectivity index (χ1n) is 9.16. The van der Waals surface area contributed by atoms with Crippen LogP contribution in [0.2, 0.25) is 0 Å². The number of benzene rings is 2. The topological polar surface area (TPSA) is 50.8 Å². The molecule has 1 aliphatic heterocycles. The zero-order valence-electron chi connectivity index (χ0n) is 15.2. The van der Waals surface area contributed by atoms with Gasteiger partial charge in [0.2, 0.25) is 0 Å². The third-order valence-electron chi connectivity index (χ3n) is 5.05. The molecule has 0 aromatic heterocycles. The third kappa shape index (κ3) is 3.21. The summed E-state index contributed by atoms with van der Waals surface area (Å²) in [6.45, 7) is 0. The minimum atomic E-state index is -0.495. The smallest absolute Gasteiger partial charge is 0.255 e. The van der Waals surface area contributed by atoms with Crippen molar-refractivity contribution in [2.45, 2.75) is 37.9 Å². The first kappa shape index (κ1) is 16.8. The Bertz CT molecular complexity index is 809. The maximum absolute atomic E-state index is 12.5. The van der Waals surface area contributed by atoms with Crippen molar-refractivity contribution in [2.75, 3.05) is 24.3 Å². The summed E-state index contributed by atoms with van der Waals surface area (Å²) in [6, 6.07) is 13.1. The molecule has 1 saturated carbocycles. The molecule has 0 bridgehead atoms. The van der Waals surface area contributed by atoms with E-state index < -0.39 is 5.79 Å². The summed E-state index contributed by atoms with van der Waals surface area (Å²) in [5.74, 6) is 0.847. The van der Waals surface area contributed by atoms with Gasteiger partial charge >= 0.3 is 0 Å². The van der Waals surface area contributed by atoms with Crippen LogP contribution in [0.4, 0.5) is 11.4 Å². The highest BCUT2D eigenvalue weighted by Crippen LogP contribution is 2.46. The molecule has 2 aromatic carbocycles. The molecule has 1 spiro atoms. The number of amides is 1. The fraction of sp³-hybridized carbons (Fsp3) is 0.381. The van der Waals surface area contributed by atoms with Crippen LogP contribution in [-0.4, -0.2) is 25.8 Å². The summed E-state index contributed by atoms with van der Waals surface area (Å²) in [5, 5.41) is 2.94. The summed E-state index contributed by atoms with van der Waals surface area (Å²) < 4.78 is 12.2. The Kier molecular flexibility index (Phi) is 4.23. The number of hydrogen-bond donors (Lipinski definition) is 1.